The Morgan fingerprint density at radius 1 is 1.28 bits per heavy atom. The molecule has 94 valence electrons. The maximum absolute atomic E-state index is 11.9. The Hall–Kier alpha value is -1.84. The molecule has 1 aromatic carbocycles. The second-order valence-electron chi connectivity index (χ2n) is 4.97. The van der Waals surface area contributed by atoms with Crippen molar-refractivity contribution in [1.29, 1.82) is 0 Å². The van der Waals surface area contributed by atoms with Gasteiger partial charge < -0.3 is 10.2 Å². The minimum atomic E-state index is -0.0279. The van der Waals surface area contributed by atoms with Crippen LogP contribution >= 0.6 is 0 Å². The first-order chi connectivity index (χ1) is 8.74. The van der Waals surface area contributed by atoms with Gasteiger partial charge in [0, 0.05) is 25.4 Å². The summed E-state index contributed by atoms with van der Waals surface area (Å²) in [5.74, 6) is 0.448. The van der Waals surface area contributed by atoms with Crippen LogP contribution in [-0.4, -0.2) is 36.3 Å². The minimum Gasteiger partial charge on any atom is -0.347 e. The van der Waals surface area contributed by atoms with Crippen molar-refractivity contribution in [3.05, 3.63) is 35.4 Å². The molecule has 1 aliphatic heterocycles. The van der Waals surface area contributed by atoms with Gasteiger partial charge in [-0.05, 0) is 17.5 Å². The van der Waals surface area contributed by atoms with E-state index in [9.17, 15) is 9.59 Å². The molecule has 2 amide bonds. The molecule has 1 aromatic rings. The van der Waals surface area contributed by atoms with E-state index in [1.807, 2.05) is 11.0 Å². The van der Waals surface area contributed by atoms with E-state index in [4.69, 9.17) is 0 Å². The summed E-state index contributed by atoms with van der Waals surface area (Å²) < 4.78 is 0. The van der Waals surface area contributed by atoms with Crippen molar-refractivity contribution in [1.82, 2.24) is 10.2 Å². The Balaban J connectivity index is 1.67. The lowest BCUT2D eigenvalue weighted by atomic mass is 9.77. The van der Waals surface area contributed by atoms with Gasteiger partial charge in [-0.3, -0.25) is 9.59 Å². The number of fused-ring (bicyclic) bond motifs is 1. The van der Waals surface area contributed by atoms with Gasteiger partial charge in [-0.1, -0.05) is 24.3 Å². The predicted octanol–water partition coefficient (Wildman–Crippen LogP) is 0.675. The van der Waals surface area contributed by atoms with Crippen molar-refractivity contribution in [2.45, 2.75) is 18.8 Å². The summed E-state index contributed by atoms with van der Waals surface area (Å²) in [6.45, 7) is 1.43. The van der Waals surface area contributed by atoms with Gasteiger partial charge in [0.25, 0.3) is 0 Å². The second kappa shape index (κ2) is 4.44. The fourth-order valence-electron chi connectivity index (χ4n) is 2.72. The largest absolute Gasteiger partial charge is 0.347 e. The summed E-state index contributed by atoms with van der Waals surface area (Å²) in [6, 6.07) is 8.37. The van der Waals surface area contributed by atoms with Crippen molar-refractivity contribution >= 4 is 11.8 Å². The van der Waals surface area contributed by atoms with Crippen LogP contribution in [0.1, 0.15) is 23.5 Å². The third-order valence-electron chi connectivity index (χ3n) is 3.80. The highest BCUT2D eigenvalue weighted by atomic mass is 16.2. The van der Waals surface area contributed by atoms with Crippen LogP contribution < -0.4 is 5.32 Å². The predicted molar refractivity (Wildman–Crippen MR) is 67.1 cm³/mol. The summed E-state index contributed by atoms with van der Waals surface area (Å²) in [6.07, 6.45) is 1.46. The van der Waals surface area contributed by atoms with Crippen LogP contribution in [0.4, 0.5) is 0 Å². The van der Waals surface area contributed by atoms with Crippen LogP contribution in [-0.2, 0) is 16.0 Å². The Kier molecular flexibility index (Phi) is 2.78. The zero-order chi connectivity index (χ0) is 12.5. The summed E-state index contributed by atoms with van der Waals surface area (Å²) in [7, 11) is 0. The first-order valence-electron chi connectivity index (χ1n) is 6.36. The Labute approximate surface area is 106 Å². The van der Waals surface area contributed by atoms with Crippen molar-refractivity contribution < 1.29 is 9.59 Å². The molecule has 1 heterocycles. The molecule has 1 aliphatic carbocycles. The number of carbonyl (C=O) groups excluding carboxylic acids is 2. The highest BCUT2D eigenvalue weighted by Gasteiger charge is 2.30. The van der Waals surface area contributed by atoms with Crippen molar-refractivity contribution in [2.75, 3.05) is 19.6 Å². The second-order valence-corrected chi connectivity index (χ2v) is 4.97. The maximum Gasteiger partial charge on any atom is 0.241 e. The fourth-order valence-corrected chi connectivity index (χ4v) is 2.72. The lowest BCUT2D eigenvalue weighted by Crippen LogP contribution is -2.40. The van der Waals surface area contributed by atoms with Crippen LogP contribution in [0.5, 0.6) is 0 Å². The van der Waals surface area contributed by atoms with E-state index in [0.29, 0.717) is 18.9 Å². The molecule has 0 radical (unpaired) electrons. The number of hydrogen-bond donors (Lipinski definition) is 1. The first-order valence-corrected chi connectivity index (χ1v) is 6.36. The lowest BCUT2D eigenvalue weighted by molar-refractivity contribution is -0.130. The van der Waals surface area contributed by atoms with Gasteiger partial charge in [0.15, 0.2) is 0 Å². The number of hydrogen-bond acceptors (Lipinski definition) is 2. The number of benzene rings is 1. The molecule has 4 nitrogen and oxygen atoms in total. The molecule has 18 heavy (non-hydrogen) atoms. The van der Waals surface area contributed by atoms with E-state index in [0.717, 1.165) is 13.0 Å². The Morgan fingerprint density at radius 2 is 2.11 bits per heavy atom. The van der Waals surface area contributed by atoms with Gasteiger partial charge in [0.1, 0.15) is 0 Å². The lowest BCUT2D eigenvalue weighted by Gasteiger charge is -2.34. The van der Waals surface area contributed by atoms with E-state index in [-0.39, 0.29) is 18.4 Å². The monoisotopic (exact) mass is 244 g/mol. The van der Waals surface area contributed by atoms with Crippen LogP contribution in [0.3, 0.4) is 0 Å². The quantitative estimate of drug-likeness (QED) is 0.831. The van der Waals surface area contributed by atoms with Crippen molar-refractivity contribution in [3.8, 4) is 0 Å². The van der Waals surface area contributed by atoms with Gasteiger partial charge in [0.2, 0.25) is 11.8 Å². The van der Waals surface area contributed by atoms with E-state index in [1.165, 1.54) is 11.1 Å². The molecule has 0 bridgehead atoms. The number of amides is 2. The van der Waals surface area contributed by atoms with Crippen LogP contribution in [0.15, 0.2) is 24.3 Å². The molecule has 1 N–H and O–H groups in total. The molecule has 1 unspecified atom stereocenters. The molecule has 4 heteroatoms. The molecular weight excluding hydrogens is 228 g/mol. The zero-order valence-electron chi connectivity index (χ0n) is 10.2. The fraction of sp³-hybridized carbons (Fsp3) is 0.429. The summed E-state index contributed by atoms with van der Waals surface area (Å²) in [4.78, 5) is 24.9. The van der Waals surface area contributed by atoms with Gasteiger partial charge in [0.05, 0.1) is 6.54 Å². The van der Waals surface area contributed by atoms with E-state index in [2.05, 4.69) is 23.5 Å². The molecule has 0 spiro atoms. The number of carbonyl (C=O) groups is 2. The third-order valence-corrected chi connectivity index (χ3v) is 3.80. The molecule has 0 saturated carbocycles. The molecule has 1 fully saturated rings. The van der Waals surface area contributed by atoms with Gasteiger partial charge in [-0.25, -0.2) is 0 Å². The molecule has 1 saturated heterocycles. The smallest absolute Gasteiger partial charge is 0.241 e. The zero-order valence-corrected chi connectivity index (χ0v) is 10.2. The number of nitrogens with one attached hydrogen (secondary N) is 1. The minimum absolute atomic E-state index is 0.0279. The average molecular weight is 244 g/mol. The van der Waals surface area contributed by atoms with Crippen molar-refractivity contribution in [2.24, 2.45) is 0 Å². The maximum atomic E-state index is 11.9. The van der Waals surface area contributed by atoms with E-state index in [1.54, 1.807) is 0 Å². The van der Waals surface area contributed by atoms with Gasteiger partial charge >= 0.3 is 0 Å². The normalized spacial score (nSPS) is 22.9. The third kappa shape index (κ3) is 1.98. The highest BCUT2D eigenvalue weighted by Crippen LogP contribution is 2.35. The first kappa shape index (κ1) is 11.3. The average Bonchev–Trinajstić information content (AvgIpc) is 2.50. The van der Waals surface area contributed by atoms with Crippen LogP contribution in [0.2, 0.25) is 0 Å². The molecule has 3 rings (SSSR count). The summed E-state index contributed by atoms with van der Waals surface area (Å²) in [5, 5.41) is 2.62. The highest BCUT2D eigenvalue weighted by molar-refractivity contribution is 5.87. The van der Waals surface area contributed by atoms with Crippen LogP contribution in [0.25, 0.3) is 0 Å². The molecule has 2 aliphatic rings. The number of rotatable bonds is 2. The molecule has 1 atom stereocenters. The van der Waals surface area contributed by atoms with Crippen molar-refractivity contribution in [3.63, 3.8) is 0 Å². The summed E-state index contributed by atoms with van der Waals surface area (Å²) in [5.41, 5.74) is 2.74. The van der Waals surface area contributed by atoms with E-state index < -0.39 is 0 Å². The Morgan fingerprint density at radius 3 is 2.94 bits per heavy atom. The van der Waals surface area contributed by atoms with Gasteiger partial charge in [-0.15, -0.1) is 0 Å². The topological polar surface area (TPSA) is 49.4 Å². The van der Waals surface area contributed by atoms with E-state index >= 15 is 0 Å². The molecular formula is C14H16N2O2. The SMILES string of the molecule is O=C1CCN(CC2Cc3ccccc32)C(=O)CN1. The van der Waals surface area contributed by atoms with Gasteiger partial charge in [-0.2, -0.15) is 0 Å². The van der Waals surface area contributed by atoms with Crippen LogP contribution in [0, 0.1) is 0 Å². The Bertz CT molecular complexity index is 498. The summed E-state index contributed by atoms with van der Waals surface area (Å²) >= 11 is 0. The standard InChI is InChI=1S/C14H16N2O2/c17-13-5-6-16(14(18)8-15-13)9-11-7-10-3-1-2-4-12(10)11/h1-4,11H,5-9H2,(H,15,17). The number of nitrogens with zero attached hydrogens (tertiary/aromatic N) is 1. The molecule has 0 aromatic heterocycles.